The number of nitrogens with zero attached hydrogens (tertiary/aromatic N) is 4. The lowest BCUT2D eigenvalue weighted by molar-refractivity contribution is 0.102. The molecule has 6 heteroatoms. The molecular weight excluding hydrogens is 308 g/mol. The van der Waals surface area contributed by atoms with E-state index in [1.54, 1.807) is 11.0 Å². The highest BCUT2D eigenvalue weighted by atomic mass is 32.2. The third kappa shape index (κ3) is 3.22. The number of hydrogen-bond donors (Lipinski definition) is 0. The number of hydrogen-bond acceptors (Lipinski definition) is 4. The van der Waals surface area contributed by atoms with Crippen LogP contribution in [0, 0.1) is 13.8 Å². The van der Waals surface area contributed by atoms with Crippen LogP contribution in [0.25, 0.3) is 5.69 Å². The van der Waals surface area contributed by atoms with Crippen molar-refractivity contribution in [2.24, 2.45) is 7.05 Å². The average molecular weight is 326 g/mol. The van der Waals surface area contributed by atoms with Crippen molar-refractivity contribution in [3.05, 3.63) is 59.7 Å². The number of aryl methyl sites for hydroxylation is 1. The summed E-state index contributed by atoms with van der Waals surface area (Å²) < 4.78 is 3.74. The number of rotatable bonds is 5. The number of carbonyl (C=O) groups excluding carboxylic acids is 1. The van der Waals surface area contributed by atoms with Crippen molar-refractivity contribution < 1.29 is 4.79 Å². The first-order chi connectivity index (χ1) is 11.1. The minimum Gasteiger partial charge on any atom is -0.351 e. The molecule has 0 saturated heterocycles. The average Bonchev–Trinajstić information content (AvgIpc) is 3.14. The van der Waals surface area contributed by atoms with E-state index in [0.717, 1.165) is 22.6 Å². The molecule has 0 atom stereocenters. The van der Waals surface area contributed by atoms with Crippen molar-refractivity contribution in [2.45, 2.75) is 19.0 Å². The molecule has 0 N–H and O–H groups in total. The Balaban J connectivity index is 1.68. The molecule has 0 spiro atoms. The Morgan fingerprint density at radius 1 is 1.22 bits per heavy atom. The largest absolute Gasteiger partial charge is 0.351 e. The molecule has 0 radical (unpaired) electrons. The van der Waals surface area contributed by atoms with Gasteiger partial charge < -0.3 is 4.57 Å². The highest BCUT2D eigenvalue weighted by Gasteiger charge is 2.15. The number of aromatic nitrogens is 4. The summed E-state index contributed by atoms with van der Waals surface area (Å²) >= 11 is 1.36. The zero-order valence-corrected chi connectivity index (χ0v) is 14.2. The maximum absolute atomic E-state index is 12.4. The van der Waals surface area contributed by atoms with Gasteiger partial charge in [-0.3, -0.25) is 4.79 Å². The van der Waals surface area contributed by atoms with Gasteiger partial charge in [-0.05, 0) is 32.0 Å². The van der Waals surface area contributed by atoms with E-state index in [-0.39, 0.29) is 5.78 Å². The normalized spacial score (nSPS) is 10.9. The molecule has 0 saturated carbocycles. The summed E-state index contributed by atoms with van der Waals surface area (Å²) in [6.45, 7) is 3.97. The van der Waals surface area contributed by atoms with Gasteiger partial charge in [0.05, 0.1) is 11.4 Å². The van der Waals surface area contributed by atoms with Crippen molar-refractivity contribution in [2.75, 3.05) is 5.75 Å². The Kier molecular flexibility index (Phi) is 4.34. The molecule has 23 heavy (non-hydrogen) atoms. The molecule has 0 aliphatic heterocycles. The third-order valence-corrected chi connectivity index (χ3v) is 4.75. The summed E-state index contributed by atoms with van der Waals surface area (Å²) in [7, 11) is 1.97. The molecule has 3 rings (SSSR count). The zero-order valence-electron chi connectivity index (χ0n) is 13.4. The van der Waals surface area contributed by atoms with Crippen molar-refractivity contribution in [1.82, 2.24) is 19.3 Å². The third-order valence-electron chi connectivity index (χ3n) is 3.90. The highest BCUT2D eigenvalue weighted by molar-refractivity contribution is 7.99. The first-order valence-corrected chi connectivity index (χ1v) is 8.31. The Bertz CT molecular complexity index is 836. The van der Waals surface area contributed by atoms with Crippen LogP contribution in [0.3, 0.4) is 0 Å². The molecule has 0 aliphatic rings. The maximum atomic E-state index is 12.4. The lowest BCUT2D eigenvalue weighted by Gasteiger charge is -2.01. The predicted octanol–water partition coefficient (Wildman–Crippen LogP) is 3.20. The van der Waals surface area contributed by atoms with E-state index in [0.29, 0.717) is 10.9 Å². The topological polar surface area (TPSA) is 52.7 Å². The summed E-state index contributed by atoms with van der Waals surface area (Å²) in [4.78, 5) is 16.6. The second kappa shape index (κ2) is 6.42. The minimum atomic E-state index is 0.104. The molecule has 0 aliphatic carbocycles. The van der Waals surface area contributed by atoms with Crippen molar-refractivity contribution >= 4 is 17.5 Å². The molecular formula is C17H18N4OS. The number of Topliss-reactive ketones (excluding diaryl/α,β-unsaturated/α-hetero) is 1. The van der Waals surface area contributed by atoms with Gasteiger partial charge >= 0.3 is 0 Å². The van der Waals surface area contributed by atoms with Gasteiger partial charge in [-0.25, -0.2) is 9.67 Å². The van der Waals surface area contributed by atoms with Crippen LogP contribution in [0.15, 0.2) is 47.9 Å². The van der Waals surface area contributed by atoms with E-state index >= 15 is 0 Å². The lowest BCUT2D eigenvalue weighted by atomic mass is 10.2. The fourth-order valence-corrected chi connectivity index (χ4v) is 3.05. The second-order valence-electron chi connectivity index (χ2n) is 5.36. The molecule has 0 bridgehead atoms. The second-order valence-corrected chi connectivity index (χ2v) is 6.31. The molecule has 0 unspecified atom stereocenters. The van der Waals surface area contributed by atoms with Crippen LogP contribution in [-0.4, -0.2) is 30.9 Å². The number of benzene rings is 1. The van der Waals surface area contributed by atoms with Crippen LogP contribution in [0.2, 0.25) is 0 Å². The number of ketones is 1. The number of thioether (sulfide) groups is 1. The van der Waals surface area contributed by atoms with E-state index in [1.165, 1.54) is 11.8 Å². The molecule has 0 amide bonds. The molecule has 1 aromatic carbocycles. The van der Waals surface area contributed by atoms with Gasteiger partial charge in [-0.1, -0.05) is 30.0 Å². The molecule has 3 aromatic rings. The summed E-state index contributed by atoms with van der Waals surface area (Å²) in [5.74, 6) is 0.440. The van der Waals surface area contributed by atoms with E-state index in [1.807, 2.05) is 61.9 Å². The van der Waals surface area contributed by atoms with Gasteiger partial charge in [0.25, 0.3) is 0 Å². The van der Waals surface area contributed by atoms with Crippen LogP contribution >= 0.6 is 11.8 Å². The summed E-state index contributed by atoms with van der Waals surface area (Å²) in [5.41, 5.74) is 3.81. The molecule has 5 nitrogen and oxygen atoms in total. The van der Waals surface area contributed by atoms with Crippen LogP contribution in [0.1, 0.15) is 21.7 Å². The summed E-state index contributed by atoms with van der Waals surface area (Å²) in [6.07, 6.45) is 1.67. The Hall–Kier alpha value is -2.34. The zero-order chi connectivity index (χ0) is 16.4. The molecule has 2 aromatic heterocycles. The van der Waals surface area contributed by atoms with Crippen LogP contribution < -0.4 is 0 Å². The van der Waals surface area contributed by atoms with Crippen LogP contribution in [0.5, 0.6) is 0 Å². The molecule has 0 fully saturated rings. The quantitative estimate of drug-likeness (QED) is 0.534. The molecule has 118 valence electrons. The Labute approximate surface area is 139 Å². The van der Waals surface area contributed by atoms with Gasteiger partial charge in [-0.2, -0.15) is 0 Å². The Morgan fingerprint density at radius 2 is 1.96 bits per heavy atom. The SMILES string of the molecule is Cc1cc(C(=O)CSc2ncn(-c3ccccc3)n2)c(C)n1C. The number of carbonyl (C=O) groups is 1. The highest BCUT2D eigenvalue weighted by Crippen LogP contribution is 2.19. The summed E-state index contributed by atoms with van der Waals surface area (Å²) in [5, 5.41) is 5.01. The maximum Gasteiger partial charge on any atom is 0.209 e. The van der Waals surface area contributed by atoms with Gasteiger partial charge in [0, 0.05) is 24.0 Å². The summed E-state index contributed by atoms with van der Waals surface area (Å²) in [6, 6.07) is 11.7. The van der Waals surface area contributed by atoms with E-state index in [2.05, 4.69) is 10.1 Å². The van der Waals surface area contributed by atoms with Crippen molar-refractivity contribution in [1.29, 1.82) is 0 Å². The van der Waals surface area contributed by atoms with Crippen LogP contribution in [-0.2, 0) is 7.05 Å². The van der Waals surface area contributed by atoms with Gasteiger partial charge in [-0.15, -0.1) is 5.10 Å². The van der Waals surface area contributed by atoms with Crippen molar-refractivity contribution in [3.63, 3.8) is 0 Å². The van der Waals surface area contributed by atoms with E-state index in [4.69, 9.17) is 0 Å². The monoisotopic (exact) mass is 326 g/mol. The lowest BCUT2D eigenvalue weighted by Crippen LogP contribution is -2.05. The standard InChI is InChI=1S/C17H18N4OS/c1-12-9-15(13(2)20(12)3)16(22)10-23-17-18-11-21(19-17)14-7-5-4-6-8-14/h4-9,11H,10H2,1-3H3. The van der Waals surface area contributed by atoms with Gasteiger partial charge in [0.2, 0.25) is 5.16 Å². The van der Waals surface area contributed by atoms with E-state index < -0.39 is 0 Å². The Morgan fingerprint density at radius 3 is 2.61 bits per heavy atom. The van der Waals surface area contributed by atoms with Crippen LogP contribution in [0.4, 0.5) is 0 Å². The van der Waals surface area contributed by atoms with Gasteiger partial charge in [0.15, 0.2) is 5.78 Å². The smallest absolute Gasteiger partial charge is 0.209 e. The van der Waals surface area contributed by atoms with E-state index in [9.17, 15) is 4.79 Å². The molecule has 2 heterocycles. The predicted molar refractivity (Wildman–Crippen MR) is 91.3 cm³/mol. The minimum absolute atomic E-state index is 0.104. The van der Waals surface area contributed by atoms with Gasteiger partial charge in [0.1, 0.15) is 6.33 Å². The fourth-order valence-electron chi connectivity index (χ4n) is 2.36. The first kappa shape index (κ1) is 15.6. The number of para-hydroxylation sites is 1. The fraction of sp³-hybridized carbons (Fsp3) is 0.235. The first-order valence-electron chi connectivity index (χ1n) is 7.32. The van der Waals surface area contributed by atoms with Crippen molar-refractivity contribution in [3.8, 4) is 5.69 Å².